The van der Waals surface area contributed by atoms with Crippen molar-refractivity contribution in [2.24, 2.45) is 7.05 Å². The number of benzene rings is 1. The van der Waals surface area contributed by atoms with Crippen LogP contribution in [0.25, 0.3) is 11.4 Å². The lowest BCUT2D eigenvalue weighted by Crippen LogP contribution is -2.30. The van der Waals surface area contributed by atoms with Crippen molar-refractivity contribution in [3.8, 4) is 22.9 Å². The van der Waals surface area contributed by atoms with Crippen LogP contribution in [0.4, 0.5) is 0 Å². The second-order valence-corrected chi connectivity index (χ2v) is 7.73. The van der Waals surface area contributed by atoms with Crippen LogP contribution in [0.2, 0.25) is 0 Å². The molecule has 2 heterocycles. The van der Waals surface area contributed by atoms with Gasteiger partial charge in [0.1, 0.15) is 5.76 Å². The van der Waals surface area contributed by atoms with E-state index in [0.717, 1.165) is 16.9 Å². The zero-order valence-corrected chi connectivity index (χ0v) is 17.9. The molecule has 8 nitrogen and oxygen atoms in total. The predicted octanol–water partition coefficient (Wildman–Crippen LogP) is 3.20. The average molecular weight is 417 g/mol. The number of amides is 1. The van der Waals surface area contributed by atoms with Gasteiger partial charge in [0, 0.05) is 13.6 Å². The molecule has 0 bridgehead atoms. The highest BCUT2D eigenvalue weighted by Crippen LogP contribution is 2.29. The van der Waals surface area contributed by atoms with Crippen molar-refractivity contribution in [1.29, 1.82) is 0 Å². The SMILES string of the molecule is COc1ccc(CNC(=O)[C@@H](C)Sc2nnc(-c3ccoc3C)n2C)cc1OC. The number of hydrogen-bond acceptors (Lipinski definition) is 7. The fraction of sp³-hybridized carbons (Fsp3) is 0.350. The van der Waals surface area contributed by atoms with Gasteiger partial charge in [-0.05, 0) is 37.6 Å². The van der Waals surface area contributed by atoms with Crippen molar-refractivity contribution in [1.82, 2.24) is 20.1 Å². The van der Waals surface area contributed by atoms with Crippen LogP contribution < -0.4 is 14.8 Å². The van der Waals surface area contributed by atoms with Crippen LogP contribution in [0.3, 0.4) is 0 Å². The van der Waals surface area contributed by atoms with Crippen molar-refractivity contribution in [2.45, 2.75) is 30.8 Å². The minimum atomic E-state index is -0.337. The first-order valence-electron chi connectivity index (χ1n) is 9.03. The summed E-state index contributed by atoms with van der Waals surface area (Å²) in [6.07, 6.45) is 1.62. The molecular weight excluding hydrogens is 392 g/mol. The highest BCUT2D eigenvalue weighted by Gasteiger charge is 2.20. The number of nitrogens with one attached hydrogen (secondary N) is 1. The molecule has 1 atom stereocenters. The Hall–Kier alpha value is -2.94. The monoisotopic (exact) mass is 416 g/mol. The van der Waals surface area contributed by atoms with E-state index < -0.39 is 0 Å². The highest BCUT2D eigenvalue weighted by atomic mass is 32.2. The Labute approximate surface area is 173 Å². The van der Waals surface area contributed by atoms with Crippen molar-refractivity contribution < 1.29 is 18.7 Å². The van der Waals surface area contributed by atoms with Gasteiger partial charge in [0.2, 0.25) is 5.91 Å². The second kappa shape index (κ2) is 9.04. The van der Waals surface area contributed by atoms with E-state index in [0.29, 0.717) is 29.0 Å². The molecule has 2 aromatic heterocycles. The molecule has 0 aliphatic carbocycles. The Morgan fingerprint density at radius 3 is 2.66 bits per heavy atom. The smallest absolute Gasteiger partial charge is 0.233 e. The highest BCUT2D eigenvalue weighted by molar-refractivity contribution is 8.00. The third kappa shape index (κ3) is 4.56. The van der Waals surface area contributed by atoms with Crippen LogP contribution in [0.5, 0.6) is 11.5 Å². The van der Waals surface area contributed by atoms with Gasteiger partial charge in [0.15, 0.2) is 22.5 Å². The van der Waals surface area contributed by atoms with Gasteiger partial charge < -0.3 is 23.8 Å². The molecule has 9 heteroatoms. The van der Waals surface area contributed by atoms with Crippen LogP contribution in [0, 0.1) is 6.92 Å². The van der Waals surface area contributed by atoms with Gasteiger partial charge in [-0.2, -0.15) is 0 Å². The Morgan fingerprint density at radius 2 is 2.00 bits per heavy atom. The molecule has 0 spiro atoms. The first-order valence-corrected chi connectivity index (χ1v) is 9.91. The minimum absolute atomic E-state index is 0.0890. The Bertz CT molecular complexity index is 998. The maximum absolute atomic E-state index is 12.5. The summed E-state index contributed by atoms with van der Waals surface area (Å²) in [5.74, 6) is 2.67. The van der Waals surface area contributed by atoms with E-state index in [1.54, 1.807) is 20.5 Å². The van der Waals surface area contributed by atoms with E-state index in [1.807, 2.05) is 49.7 Å². The summed E-state index contributed by atoms with van der Waals surface area (Å²) in [4.78, 5) is 12.5. The summed E-state index contributed by atoms with van der Waals surface area (Å²) in [6, 6.07) is 7.41. The summed E-state index contributed by atoms with van der Waals surface area (Å²) in [5, 5.41) is 11.7. The first kappa shape index (κ1) is 20.8. The lowest BCUT2D eigenvalue weighted by molar-refractivity contribution is -0.120. The molecule has 1 N–H and O–H groups in total. The molecule has 0 unspecified atom stereocenters. The van der Waals surface area contributed by atoms with Gasteiger partial charge in [0.25, 0.3) is 0 Å². The molecule has 1 amide bonds. The molecule has 0 aliphatic rings. The molecule has 154 valence electrons. The lowest BCUT2D eigenvalue weighted by Gasteiger charge is -2.13. The van der Waals surface area contributed by atoms with E-state index in [4.69, 9.17) is 13.9 Å². The predicted molar refractivity (Wildman–Crippen MR) is 110 cm³/mol. The zero-order chi connectivity index (χ0) is 21.0. The first-order chi connectivity index (χ1) is 13.9. The van der Waals surface area contributed by atoms with E-state index in [9.17, 15) is 4.79 Å². The number of methoxy groups -OCH3 is 2. The second-order valence-electron chi connectivity index (χ2n) is 6.42. The summed E-state index contributed by atoms with van der Waals surface area (Å²) >= 11 is 1.35. The Balaban J connectivity index is 1.62. The quantitative estimate of drug-likeness (QED) is 0.564. The fourth-order valence-electron chi connectivity index (χ4n) is 2.80. The third-order valence-electron chi connectivity index (χ3n) is 4.50. The van der Waals surface area contributed by atoms with Crippen LogP contribution in [-0.4, -0.2) is 40.1 Å². The molecule has 0 saturated carbocycles. The van der Waals surface area contributed by atoms with Crippen LogP contribution >= 0.6 is 11.8 Å². The molecule has 0 radical (unpaired) electrons. The molecule has 0 saturated heterocycles. The number of carbonyl (C=O) groups is 1. The zero-order valence-electron chi connectivity index (χ0n) is 17.1. The summed E-state index contributed by atoms with van der Waals surface area (Å²) in [7, 11) is 5.04. The number of thioether (sulfide) groups is 1. The lowest BCUT2D eigenvalue weighted by atomic mass is 10.2. The van der Waals surface area contributed by atoms with E-state index in [-0.39, 0.29) is 11.2 Å². The number of aromatic nitrogens is 3. The van der Waals surface area contributed by atoms with E-state index in [1.165, 1.54) is 11.8 Å². The summed E-state index contributed by atoms with van der Waals surface area (Å²) < 4.78 is 17.7. The van der Waals surface area contributed by atoms with Gasteiger partial charge in [-0.25, -0.2) is 0 Å². The van der Waals surface area contributed by atoms with E-state index in [2.05, 4.69) is 15.5 Å². The number of ether oxygens (including phenoxy) is 2. The van der Waals surface area contributed by atoms with Gasteiger partial charge >= 0.3 is 0 Å². The molecule has 0 aliphatic heterocycles. The molecule has 1 aromatic carbocycles. The largest absolute Gasteiger partial charge is 0.493 e. The number of carbonyl (C=O) groups excluding carboxylic acids is 1. The number of nitrogens with zero attached hydrogens (tertiary/aromatic N) is 3. The van der Waals surface area contributed by atoms with Crippen LogP contribution in [-0.2, 0) is 18.4 Å². The van der Waals surface area contributed by atoms with Gasteiger partial charge in [-0.1, -0.05) is 17.8 Å². The fourth-order valence-corrected chi connectivity index (χ4v) is 3.64. The van der Waals surface area contributed by atoms with Crippen molar-refractivity contribution in [3.63, 3.8) is 0 Å². The van der Waals surface area contributed by atoms with Gasteiger partial charge in [-0.3, -0.25) is 4.79 Å². The molecule has 29 heavy (non-hydrogen) atoms. The standard InChI is InChI=1S/C20H24N4O4S/c1-12-15(8-9-28-12)18-22-23-20(24(18)3)29-13(2)19(25)21-11-14-6-7-16(26-4)17(10-14)27-5/h6-10,13H,11H2,1-5H3,(H,21,25)/t13-/m1/s1. The van der Waals surface area contributed by atoms with Crippen molar-refractivity contribution in [3.05, 3.63) is 41.9 Å². The third-order valence-corrected chi connectivity index (χ3v) is 5.63. The Kier molecular flexibility index (Phi) is 6.48. The minimum Gasteiger partial charge on any atom is -0.493 e. The Morgan fingerprint density at radius 1 is 1.24 bits per heavy atom. The molecule has 3 aromatic rings. The maximum Gasteiger partial charge on any atom is 0.233 e. The van der Waals surface area contributed by atoms with Crippen molar-refractivity contribution >= 4 is 17.7 Å². The summed E-state index contributed by atoms with van der Waals surface area (Å²) in [6.45, 7) is 4.11. The molecular formula is C20H24N4O4S. The van der Waals surface area contributed by atoms with E-state index >= 15 is 0 Å². The topological polar surface area (TPSA) is 91.4 Å². The number of rotatable bonds is 8. The number of hydrogen-bond donors (Lipinski definition) is 1. The van der Waals surface area contributed by atoms with Crippen LogP contribution in [0.15, 0.2) is 40.1 Å². The number of furan rings is 1. The normalized spacial score (nSPS) is 11.9. The molecule has 3 rings (SSSR count). The van der Waals surface area contributed by atoms with Gasteiger partial charge in [-0.15, -0.1) is 10.2 Å². The van der Waals surface area contributed by atoms with Crippen molar-refractivity contribution in [2.75, 3.05) is 14.2 Å². The summed E-state index contributed by atoms with van der Waals surface area (Å²) in [5.41, 5.74) is 1.81. The molecule has 0 fully saturated rings. The van der Waals surface area contributed by atoms with Gasteiger partial charge in [0.05, 0.1) is 31.3 Å². The maximum atomic E-state index is 12.5. The van der Waals surface area contributed by atoms with Crippen LogP contribution in [0.1, 0.15) is 18.2 Å². The average Bonchev–Trinajstić information content (AvgIpc) is 3.30. The number of aryl methyl sites for hydroxylation is 1.